The summed E-state index contributed by atoms with van der Waals surface area (Å²) in [4.78, 5) is 33.5. The van der Waals surface area contributed by atoms with Crippen LogP contribution in [0.5, 0.6) is 0 Å². The normalized spacial score (nSPS) is 14.8. The maximum Gasteiger partial charge on any atom is 0.246 e. The highest BCUT2D eigenvalue weighted by molar-refractivity contribution is 5.96. The van der Waals surface area contributed by atoms with Crippen molar-refractivity contribution in [2.75, 3.05) is 38.0 Å². The molecule has 6 heteroatoms. The first-order chi connectivity index (χ1) is 15.5. The van der Waals surface area contributed by atoms with Gasteiger partial charge in [0.1, 0.15) is 0 Å². The smallest absolute Gasteiger partial charge is 0.246 e. The Morgan fingerprint density at radius 2 is 1.66 bits per heavy atom. The first-order valence-corrected chi connectivity index (χ1v) is 10.9. The number of hydrogen-bond donors (Lipinski definition) is 1. The monoisotopic (exact) mass is 428 g/mol. The van der Waals surface area contributed by atoms with Gasteiger partial charge >= 0.3 is 0 Å². The fraction of sp³-hybridized carbons (Fsp3) is 0.269. The predicted molar refractivity (Wildman–Crippen MR) is 128 cm³/mol. The van der Waals surface area contributed by atoms with Gasteiger partial charge in [0.25, 0.3) is 0 Å². The number of rotatable bonds is 5. The number of fused-ring (bicyclic) bond motifs is 1. The molecule has 0 bridgehead atoms. The molecule has 32 heavy (non-hydrogen) atoms. The zero-order valence-electron chi connectivity index (χ0n) is 18.5. The van der Waals surface area contributed by atoms with E-state index in [1.54, 1.807) is 12.3 Å². The van der Waals surface area contributed by atoms with E-state index in [2.05, 4.69) is 15.2 Å². The number of nitrogens with one attached hydrogen (secondary N) is 1. The number of benzene rings is 2. The predicted octanol–water partition coefficient (Wildman–Crippen LogP) is 3.65. The van der Waals surface area contributed by atoms with Crippen molar-refractivity contribution >= 4 is 34.5 Å². The van der Waals surface area contributed by atoms with Gasteiger partial charge in [0.15, 0.2) is 0 Å². The Morgan fingerprint density at radius 3 is 2.41 bits per heavy atom. The van der Waals surface area contributed by atoms with E-state index in [9.17, 15) is 9.59 Å². The number of aromatic nitrogens is 1. The van der Waals surface area contributed by atoms with E-state index >= 15 is 0 Å². The van der Waals surface area contributed by atoms with Crippen LogP contribution in [0, 0.1) is 13.8 Å². The summed E-state index contributed by atoms with van der Waals surface area (Å²) in [6.07, 6.45) is 5.21. The average Bonchev–Trinajstić information content (AvgIpc) is 2.80. The third kappa shape index (κ3) is 5.03. The van der Waals surface area contributed by atoms with Crippen LogP contribution in [0.2, 0.25) is 0 Å². The second-order valence-corrected chi connectivity index (χ2v) is 8.17. The van der Waals surface area contributed by atoms with Crippen LogP contribution in [-0.2, 0) is 9.59 Å². The number of piperazine rings is 1. The van der Waals surface area contributed by atoms with Gasteiger partial charge in [-0.25, -0.2) is 0 Å². The van der Waals surface area contributed by atoms with Gasteiger partial charge in [-0.05, 0) is 37.1 Å². The Bertz CT molecular complexity index is 1140. The minimum atomic E-state index is -0.0227. The Morgan fingerprint density at radius 1 is 0.969 bits per heavy atom. The lowest BCUT2D eigenvalue weighted by Crippen LogP contribution is -2.50. The molecule has 1 N–H and O–H groups in total. The van der Waals surface area contributed by atoms with Gasteiger partial charge in [-0.2, -0.15) is 0 Å². The fourth-order valence-corrected chi connectivity index (χ4v) is 4.05. The van der Waals surface area contributed by atoms with Crippen LogP contribution in [0.15, 0.2) is 60.8 Å². The van der Waals surface area contributed by atoms with Crippen LogP contribution in [0.25, 0.3) is 17.0 Å². The lowest BCUT2D eigenvalue weighted by atomic mass is 10.1. The Hall–Kier alpha value is -3.51. The summed E-state index contributed by atoms with van der Waals surface area (Å²) >= 11 is 0. The van der Waals surface area contributed by atoms with Crippen LogP contribution in [0.1, 0.15) is 16.7 Å². The molecule has 6 nitrogen and oxygen atoms in total. The van der Waals surface area contributed by atoms with Gasteiger partial charge in [-0.15, -0.1) is 0 Å². The molecule has 1 saturated heterocycles. The van der Waals surface area contributed by atoms with Crippen molar-refractivity contribution < 1.29 is 9.59 Å². The van der Waals surface area contributed by atoms with E-state index in [1.165, 1.54) is 0 Å². The topological polar surface area (TPSA) is 65.5 Å². The number of para-hydroxylation sites is 2. The van der Waals surface area contributed by atoms with Crippen LogP contribution >= 0.6 is 0 Å². The maximum absolute atomic E-state index is 12.7. The van der Waals surface area contributed by atoms with Gasteiger partial charge in [0, 0.05) is 55.1 Å². The summed E-state index contributed by atoms with van der Waals surface area (Å²) < 4.78 is 0. The largest absolute Gasteiger partial charge is 0.337 e. The summed E-state index contributed by atoms with van der Waals surface area (Å²) in [5.74, 6) is -0.0388. The first kappa shape index (κ1) is 21.7. The van der Waals surface area contributed by atoms with Gasteiger partial charge in [0.2, 0.25) is 11.8 Å². The van der Waals surface area contributed by atoms with Crippen LogP contribution in [-0.4, -0.2) is 59.3 Å². The lowest BCUT2D eigenvalue weighted by molar-refractivity contribution is -0.127. The van der Waals surface area contributed by atoms with Crippen molar-refractivity contribution in [3.05, 3.63) is 77.5 Å². The number of carbonyl (C=O) groups excluding carboxylic acids is 2. The maximum atomic E-state index is 12.7. The van der Waals surface area contributed by atoms with E-state index in [0.29, 0.717) is 32.7 Å². The van der Waals surface area contributed by atoms with E-state index in [-0.39, 0.29) is 11.8 Å². The van der Waals surface area contributed by atoms with E-state index in [1.807, 2.05) is 73.4 Å². The van der Waals surface area contributed by atoms with Crippen molar-refractivity contribution in [1.29, 1.82) is 0 Å². The summed E-state index contributed by atoms with van der Waals surface area (Å²) in [6.45, 7) is 6.88. The van der Waals surface area contributed by atoms with Crippen molar-refractivity contribution in [1.82, 2.24) is 14.8 Å². The molecule has 0 unspecified atom stereocenters. The number of anilines is 1. The molecule has 0 spiro atoms. The third-order valence-corrected chi connectivity index (χ3v) is 5.87. The van der Waals surface area contributed by atoms with Gasteiger partial charge < -0.3 is 10.2 Å². The molecule has 0 radical (unpaired) electrons. The molecule has 0 saturated carbocycles. The zero-order valence-corrected chi connectivity index (χ0v) is 18.5. The number of hydrogen-bond acceptors (Lipinski definition) is 4. The summed E-state index contributed by atoms with van der Waals surface area (Å²) in [5.41, 5.74) is 4.82. The van der Waals surface area contributed by atoms with Crippen molar-refractivity contribution in [2.24, 2.45) is 0 Å². The van der Waals surface area contributed by atoms with E-state index in [4.69, 9.17) is 0 Å². The minimum Gasteiger partial charge on any atom is -0.337 e. The Kier molecular flexibility index (Phi) is 6.61. The second kappa shape index (κ2) is 9.75. The van der Waals surface area contributed by atoms with E-state index < -0.39 is 0 Å². The van der Waals surface area contributed by atoms with Crippen molar-refractivity contribution in [3.63, 3.8) is 0 Å². The molecule has 0 atom stereocenters. The standard InChI is InChI=1S/C26H28N4O2/c1-19-6-3-7-20(2)25(19)28-23(31)18-29-14-16-30(17-15-29)24(32)12-11-22-9-4-8-21-10-5-13-27-26(21)22/h3-13H,14-18H2,1-2H3,(H,28,31)/b12-11+. The second-order valence-electron chi connectivity index (χ2n) is 8.17. The quantitative estimate of drug-likeness (QED) is 0.630. The van der Waals surface area contributed by atoms with Crippen molar-refractivity contribution in [3.8, 4) is 0 Å². The van der Waals surface area contributed by atoms with E-state index in [0.717, 1.165) is 33.3 Å². The highest BCUT2D eigenvalue weighted by atomic mass is 16.2. The molecule has 1 aliphatic rings. The molecular formula is C26H28N4O2. The first-order valence-electron chi connectivity index (χ1n) is 10.9. The van der Waals surface area contributed by atoms with Gasteiger partial charge in [-0.3, -0.25) is 19.5 Å². The zero-order chi connectivity index (χ0) is 22.5. The average molecular weight is 429 g/mol. The SMILES string of the molecule is Cc1cccc(C)c1NC(=O)CN1CCN(C(=O)/C=C/c2cccc3cccnc23)CC1. The minimum absolute atomic E-state index is 0.0161. The number of amides is 2. The summed E-state index contributed by atoms with van der Waals surface area (Å²) in [7, 11) is 0. The molecule has 1 fully saturated rings. The fourth-order valence-electron chi connectivity index (χ4n) is 4.05. The van der Waals surface area contributed by atoms with Gasteiger partial charge in [-0.1, -0.05) is 42.5 Å². The summed E-state index contributed by atoms with van der Waals surface area (Å²) in [6, 6.07) is 15.8. The van der Waals surface area contributed by atoms with Gasteiger partial charge in [0.05, 0.1) is 12.1 Å². The van der Waals surface area contributed by atoms with Crippen molar-refractivity contribution in [2.45, 2.75) is 13.8 Å². The molecule has 0 aliphatic carbocycles. The molecule has 2 aromatic carbocycles. The molecule has 2 amide bonds. The highest BCUT2D eigenvalue weighted by Crippen LogP contribution is 2.20. The molecular weight excluding hydrogens is 400 g/mol. The molecule has 4 rings (SSSR count). The number of pyridine rings is 1. The molecule has 2 heterocycles. The van der Waals surface area contributed by atoms with Crippen LogP contribution in [0.3, 0.4) is 0 Å². The Balaban J connectivity index is 1.30. The van der Waals surface area contributed by atoms with Crippen LogP contribution < -0.4 is 5.32 Å². The summed E-state index contributed by atoms with van der Waals surface area (Å²) in [5, 5.41) is 4.09. The van der Waals surface area contributed by atoms with Crippen LogP contribution in [0.4, 0.5) is 5.69 Å². The molecule has 1 aromatic heterocycles. The third-order valence-electron chi connectivity index (χ3n) is 5.87. The highest BCUT2D eigenvalue weighted by Gasteiger charge is 2.21. The number of carbonyl (C=O) groups is 2. The molecule has 3 aromatic rings. The molecule has 1 aliphatic heterocycles. The number of nitrogens with zero attached hydrogens (tertiary/aromatic N) is 3. The Labute approximate surface area is 188 Å². The number of aryl methyl sites for hydroxylation is 2. The lowest BCUT2D eigenvalue weighted by Gasteiger charge is -2.33. The molecule has 164 valence electrons.